The molecule has 2 aliphatic rings. The van der Waals surface area contributed by atoms with Crippen LogP contribution in [0.3, 0.4) is 0 Å². The highest BCUT2D eigenvalue weighted by Crippen LogP contribution is 2.32. The number of rotatable bonds is 7. The zero-order chi connectivity index (χ0) is 22.5. The van der Waals surface area contributed by atoms with Crippen molar-refractivity contribution in [3.8, 4) is 0 Å². The van der Waals surface area contributed by atoms with E-state index in [1.807, 2.05) is 49.4 Å². The van der Waals surface area contributed by atoms with Gasteiger partial charge in [-0.05, 0) is 43.5 Å². The number of carbonyl (C=O) groups excluding carboxylic acids is 3. The Morgan fingerprint density at radius 1 is 1.12 bits per heavy atom. The van der Waals surface area contributed by atoms with E-state index in [2.05, 4.69) is 16.0 Å². The zero-order valence-electron chi connectivity index (χ0n) is 18.1. The molecule has 4 rings (SSSR count). The van der Waals surface area contributed by atoms with E-state index in [4.69, 9.17) is 4.74 Å². The number of anilines is 3. The van der Waals surface area contributed by atoms with Gasteiger partial charge in [0.25, 0.3) is 0 Å². The summed E-state index contributed by atoms with van der Waals surface area (Å²) in [5.74, 6) is -0.812. The minimum absolute atomic E-state index is 0.0283. The molecule has 0 radical (unpaired) electrons. The Bertz CT molecular complexity index is 1000. The summed E-state index contributed by atoms with van der Waals surface area (Å²) < 4.78 is 5.56. The quantitative estimate of drug-likeness (QED) is 0.619. The third-order valence-electron chi connectivity index (χ3n) is 5.81. The fourth-order valence-corrected chi connectivity index (χ4v) is 4.09. The van der Waals surface area contributed by atoms with Crippen LogP contribution in [0.2, 0.25) is 0 Å². The first kappa shape index (κ1) is 21.8. The molecule has 3 amide bonds. The second-order valence-electron chi connectivity index (χ2n) is 8.16. The molecule has 0 aliphatic carbocycles. The lowest BCUT2D eigenvalue weighted by Crippen LogP contribution is -2.53. The molecule has 0 unspecified atom stereocenters. The van der Waals surface area contributed by atoms with Gasteiger partial charge in [0.05, 0.1) is 30.4 Å². The van der Waals surface area contributed by atoms with Gasteiger partial charge in [-0.1, -0.05) is 30.3 Å². The van der Waals surface area contributed by atoms with Crippen LogP contribution in [0.5, 0.6) is 0 Å². The van der Waals surface area contributed by atoms with E-state index in [-0.39, 0.29) is 36.8 Å². The monoisotopic (exact) mass is 436 g/mol. The van der Waals surface area contributed by atoms with Crippen molar-refractivity contribution in [3.63, 3.8) is 0 Å². The Morgan fingerprint density at radius 2 is 1.91 bits per heavy atom. The first-order chi connectivity index (χ1) is 15.5. The topological polar surface area (TPSA) is 99.8 Å². The molecule has 0 saturated carbocycles. The first-order valence-corrected chi connectivity index (χ1v) is 10.9. The molecule has 2 aromatic carbocycles. The van der Waals surface area contributed by atoms with Crippen molar-refractivity contribution in [2.75, 3.05) is 35.2 Å². The average Bonchev–Trinajstić information content (AvgIpc) is 3.30. The molecule has 2 aromatic rings. The Hall–Kier alpha value is -3.39. The molecule has 2 heterocycles. The van der Waals surface area contributed by atoms with Crippen LogP contribution in [-0.4, -0.2) is 49.6 Å². The summed E-state index contributed by atoms with van der Waals surface area (Å²) in [6.45, 7) is 3.04. The molecule has 32 heavy (non-hydrogen) atoms. The van der Waals surface area contributed by atoms with Crippen LogP contribution in [0.4, 0.5) is 17.1 Å². The normalized spacial score (nSPS) is 19.8. The van der Waals surface area contributed by atoms with E-state index in [0.717, 1.165) is 25.0 Å². The lowest BCUT2D eigenvalue weighted by atomic mass is 10.0. The van der Waals surface area contributed by atoms with E-state index in [9.17, 15) is 14.4 Å². The van der Waals surface area contributed by atoms with Gasteiger partial charge in [0, 0.05) is 18.8 Å². The predicted molar refractivity (Wildman–Crippen MR) is 123 cm³/mol. The van der Waals surface area contributed by atoms with Crippen LogP contribution in [0.1, 0.15) is 24.8 Å². The molecule has 8 heteroatoms. The van der Waals surface area contributed by atoms with Crippen LogP contribution in [-0.2, 0) is 19.1 Å². The van der Waals surface area contributed by atoms with Gasteiger partial charge in [-0.15, -0.1) is 0 Å². The summed E-state index contributed by atoms with van der Waals surface area (Å²) in [4.78, 5) is 40.1. The summed E-state index contributed by atoms with van der Waals surface area (Å²) in [5.41, 5.74) is 2.98. The van der Waals surface area contributed by atoms with Crippen molar-refractivity contribution in [1.82, 2.24) is 5.32 Å². The minimum Gasteiger partial charge on any atom is -0.376 e. The van der Waals surface area contributed by atoms with Crippen LogP contribution in [0.25, 0.3) is 0 Å². The highest BCUT2D eigenvalue weighted by Gasteiger charge is 2.35. The van der Waals surface area contributed by atoms with Gasteiger partial charge < -0.3 is 25.6 Å². The number of nitrogens with zero attached hydrogens (tertiary/aromatic N) is 1. The Kier molecular flexibility index (Phi) is 6.70. The molecule has 0 spiro atoms. The molecular formula is C24H28N4O4. The summed E-state index contributed by atoms with van der Waals surface area (Å²) in [7, 11) is 0. The van der Waals surface area contributed by atoms with E-state index >= 15 is 0 Å². The fraction of sp³-hybridized carbons (Fsp3) is 0.375. The Labute approximate surface area is 187 Å². The van der Waals surface area contributed by atoms with Crippen molar-refractivity contribution < 1.29 is 19.1 Å². The summed E-state index contributed by atoms with van der Waals surface area (Å²) >= 11 is 0. The van der Waals surface area contributed by atoms with Gasteiger partial charge in [0.15, 0.2) is 0 Å². The lowest BCUT2D eigenvalue weighted by molar-refractivity contribution is -0.123. The van der Waals surface area contributed by atoms with Crippen molar-refractivity contribution >= 4 is 34.8 Å². The molecule has 1 fully saturated rings. The fourth-order valence-electron chi connectivity index (χ4n) is 4.09. The van der Waals surface area contributed by atoms with Crippen molar-refractivity contribution in [1.29, 1.82) is 0 Å². The Morgan fingerprint density at radius 3 is 2.69 bits per heavy atom. The maximum absolute atomic E-state index is 12.9. The second kappa shape index (κ2) is 9.82. The second-order valence-corrected chi connectivity index (χ2v) is 8.16. The summed E-state index contributed by atoms with van der Waals surface area (Å²) in [6, 6.07) is 14.0. The molecule has 2 aliphatic heterocycles. The number of amides is 3. The maximum atomic E-state index is 12.9. The summed E-state index contributed by atoms with van der Waals surface area (Å²) in [6.07, 6.45) is 1.88. The molecule has 0 aromatic heterocycles. The Balaban J connectivity index is 1.48. The van der Waals surface area contributed by atoms with E-state index in [0.29, 0.717) is 23.6 Å². The smallest absolute Gasteiger partial charge is 0.247 e. The van der Waals surface area contributed by atoms with Crippen LogP contribution in [0.15, 0.2) is 48.5 Å². The minimum atomic E-state index is -0.803. The number of para-hydroxylation sites is 3. The molecule has 0 bridgehead atoms. The van der Waals surface area contributed by atoms with Crippen LogP contribution in [0, 0.1) is 6.92 Å². The van der Waals surface area contributed by atoms with Gasteiger partial charge in [-0.25, -0.2) is 0 Å². The van der Waals surface area contributed by atoms with E-state index in [1.54, 1.807) is 11.0 Å². The number of carbonyl (C=O) groups is 3. The highest BCUT2D eigenvalue weighted by molar-refractivity contribution is 6.07. The molecule has 8 nitrogen and oxygen atoms in total. The molecule has 3 N–H and O–H groups in total. The highest BCUT2D eigenvalue weighted by atomic mass is 16.5. The predicted octanol–water partition coefficient (Wildman–Crippen LogP) is 2.45. The van der Waals surface area contributed by atoms with Crippen molar-refractivity contribution in [2.24, 2.45) is 0 Å². The SMILES string of the molecule is Cc1ccccc1NC(=O)C[C@@H]1C(=O)Nc2ccccc2N1CC(=O)NC[C@H]1CCCO1. The average molecular weight is 437 g/mol. The molecule has 1 saturated heterocycles. The largest absolute Gasteiger partial charge is 0.376 e. The first-order valence-electron chi connectivity index (χ1n) is 10.9. The van der Waals surface area contributed by atoms with Crippen molar-refractivity contribution in [3.05, 3.63) is 54.1 Å². The van der Waals surface area contributed by atoms with Gasteiger partial charge in [0.2, 0.25) is 17.7 Å². The van der Waals surface area contributed by atoms with Crippen LogP contribution < -0.4 is 20.9 Å². The number of hydrogen-bond acceptors (Lipinski definition) is 5. The third-order valence-corrected chi connectivity index (χ3v) is 5.81. The molecule has 168 valence electrons. The summed E-state index contributed by atoms with van der Waals surface area (Å²) in [5, 5.41) is 8.63. The number of benzene rings is 2. The number of hydrogen-bond donors (Lipinski definition) is 3. The lowest BCUT2D eigenvalue weighted by Gasteiger charge is -2.37. The number of aryl methyl sites for hydroxylation is 1. The van der Waals surface area contributed by atoms with Crippen LogP contribution >= 0.6 is 0 Å². The number of fused-ring (bicyclic) bond motifs is 1. The van der Waals surface area contributed by atoms with Gasteiger partial charge in [-0.3, -0.25) is 14.4 Å². The van der Waals surface area contributed by atoms with E-state index in [1.165, 1.54) is 0 Å². The molecular weight excluding hydrogens is 408 g/mol. The van der Waals surface area contributed by atoms with Gasteiger partial charge in [0.1, 0.15) is 6.04 Å². The van der Waals surface area contributed by atoms with E-state index < -0.39 is 6.04 Å². The van der Waals surface area contributed by atoms with Gasteiger partial charge in [-0.2, -0.15) is 0 Å². The standard InChI is InChI=1S/C24H28N4O4/c1-16-7-2-3-9-18(16)26-22(29)13-21-24(31)27-19-10-4-5-11-20(19)28(21)15-23(30)25-14-17-8-6-12-32-17/h2-5,7,9-11,17,21H,6,8,12-15H2,1H3,(H,25,30)(H,26,29)(H,27,31)/t17-,21-/m1/s1. The zero-order valence-corrected chi connectivity index (χ0v) is 18.1. The number of nitrogens with one attached hydrogen (secondary N) is 3. The molecule has 2 atom stereocenters. The van der Waals surface area contributed by atoms with Gasteiger partial charge >= 0.3 is 0 Å². The number of ether oxygens (including phenoxy) is 1. The third kappa shape index (κ3) is 5.08. The van der Waals surface area contributed by atoms with Crippen molar-refractivity contribution in [2.45, 2.75) is 38.3 Å². The maximum Gasteiger partial charge on any atom is 0.247 e.